The Kier molecular flexibility index (Phi) is 5.14. The summed E-state index contributed by atoms with van der Waals surface area (Å²) in [7, 11) is -0.965. The molecule has 0 saturated heterocycles. The summed E-state index contributed by atoms with van der Waals surface area (Å²) in [4.78, 5) is 12.0. The highest BCUT2D eigenvalue weighted by Gasteiger charge is 2.23. The van der Waals surface area contributed by atoms with E-state index in [2.05, 4.69) is 38.1 Å². The molecule has 128 valence electrons. The van der Waals surface area contributed by atoms with E-state index in [1.165, 1.54) is 27.8 Å². The Labute approximate surface area is 151 Å². The summed E-state index contributed by atoms with van der Waals surface area (Å²) < 4.78 is 11.5. The van der Waals surface area contributed by atoms with Crippen LogP contribution in [0.1, 0.15) is 42.5 Å². The van der Waals surface area contributed by atoms with E-state index >= 15 is 0 Å². The molecule has 0 fully saturated rings. The average molecular weight is 350 g/mol. The third-order valence-corrected chi connectivity index (χ3v) is 5.71. The van der Waals surface area contributed by atoms with Gasteiger partial charge in [-0.1, -0.05) is 37.3 Å². The van der Waals surface area contributed by atoms with Gasteiger partial charge in [0.05, 0.1) is 0 Å². The van der Waals surface area contributed by atoms with Gasteiger partial charge in [-0.3, -0.25) is 4.21 Å². The van der Waals surface area contributed by atoms with E-state index in [9.17, 15) is 9.00 Å². The number of rotatable bonds is 5. The van der Waals surface area contributed by atoms with Crippen molar-refractivity contribution in [1.82, 2.24) is 0 Å². The van der Waals surface area contributed by atoms with E-state index in [0.29, 0.717) is 6.42 Å². The number of fused-ring (bicyclic) bond motifs is 1. The number of aryl methyl sites for hydroxylation is 1. The molecule has 0 heterocycles. The summed E-state index contributed by atoms with van der Waals surface area (Å²) in [5, 5.41) is 0. The predicted molar refractivity (Wildman–Crippen MR) is 106 cm³/mol. The number of aldehydes is 1. The maximum absolute atomic E-state index is 11.5. The van der Waals surface area contributed by atoms with E-state index in [0.717, 1.165) is 28.7 Å². The Bertz CT molecular complexity index is 902. The Hall–Kier alpha value is -2.26. The van der Waals surface area contributed by atoms with Crippen LogP contribution < -0.4 is 0 Å². The fraction of sp³-hybridized carbons (Fsp3) is 0.227. The zero-order valence-corrected chi connectivity index (χ0v) is 15.7. The quantitative estimate of drug-likeness (QED) is 0.719. The maximum Gasteiger partial charge on any atom is 0.124 e. The molecule has 0 saturated carbocycles. The number of carbonyl (C=O) groups is 1. The van der Waals surface area contributed by atoms with E-state index in [4.69, 9.17) is 0 Å². The van der Waals surface area contributed by atoms with Crippen LogP contribution in [-0.4, -0.2) is 16.8 Å². The molecule has 1 unspecified atom stereocenters. The number of benzene rings is 2. The van der Waals surface area contributed by atoms with Crippen LogP contribution in [0.15, 0.2) is 52.9 Å². The summed E-state index contributed by atoms with van der Waals surface area (Å²) in [5.41, 5.74) is 8.18. The smallest absolute Gasteiger partial charge is 0.124 e. The molecule has 0 aliphatic heterocycles. The van der Waals surface area contributed by atoms with Gasteiger partial charge in [0.15, 0.2) is 0 Å². The number of hydrogen-bond acceptors (Lipinski definition) is 2. The topological polar surface area (TPSA) is 34.1 Å². The minimum atomic E-state index is -0.965. The molecule has 3 heteroatoms. The lowest BCUT2D eigenvalue weighted by molar-refractivity contribution is -0.107. The monoisotopic (exact) mass is 350 g/mol. The van der Waals surface area contributed by atoms with Crippen molar-refractivity contribution in [2.24, 2.45) is 0 Å². The van der Waals surface area contributed by atoms with E-state index in [1.54, 1.807) is 6.26 Å². The van der Waals surface area contributed by atoms with Crippen LogP contribution >= 0.6 is 0 Å². The highest BCUT2D eigenvalue weighted by Crippen LogP contribution is 2.43. The van der Waals surface area contributed by atoms with Crippen LogP contribution in [0.3, 0.4) is 0 Å². The first-order chi connectivity index (χ1) is 12.0. The van der Waals surface area contributed by atoms with Gasteiger partial charge in [0.1, 0.15) is 6.29 Å². The highest BCUT2D eigenvalue weighted by molar-refractivity contribution is 7.84. The van der Waals surface area contributed by atoms with E-state index < -0.39 is 10.8 Å². The van der Waals surface area contributed by atoms with Crippen LogP contribution in [0.5, 0.6) is 0 Å². The van der Waals surface area contributed by atoms with Gasteiger partial charge in [-0.15, -0.1) is 0 Å². The standard InChI is InChI=1S/C22H22O2S/c1-4-16-7-10-20-21(15(2)19(11-12-23)22(20)13-16)14-17-5-8-18(9-6-17)25(3)24/h5-10,12-14H,4,11H2,1-3H3/b21-14-. The largest absolute Gasteiger partial charge is 0.303 e. The minimum Gasteiger partial charge on any atom is -0.303 e. The summed E-state index contributed by atoms with van der Waals surface area (Å²) in [5.74, 6) is 0. The van der Waals surface area contributed by atoms with Gasteiger partial charge in [-0.25, -0.2) is 0 Å². The summed E-state index contributed by atoms with van der Waals surface area (Å²) in [6.07, 6.45) is 6.24. The summed E-state index contributed by atoms with van der Waals surface area (Å²) >= 11 is 0. The van der Waals surface area contributed by atoms with E-state index in [1.807, 2.05) is 24.3 Å². The van der Waals surface area contributed by atoms with Gasteiger partial charge in [-0.2, -0.15) is 0 Å². The van der Waals surface area contributed by atoms with Crippen LogP contribution in [0, 0.1) is 0 Å². The van der Waals surface area contributed by atoms with Crippen molar-refractivity contribution in [2.45, 2.75) is 31.6 Å². The van der Waals surface area contributed by atoms with Gasteiger partial charge in [0, 0.05) is 28.4 Å². The molecule has 2 aromatic carbocycles. The van der Waals surface area contributed by atoms with Crippen molar-refractivity contribution >= 4 is 34.3 Å². The fourth-order valence-corrected chi connectivity index (χ4v) is 3.84. The Balaban J connectivity index is 2.09. The molecule has 0 bridgehead atoms. The lowest BCUT2D eigenvalue weighted by Crippen LogP contribution is -1.89. The Morgan fingerprint density at radius 3 is 2.36 bits per heavy atom. The molecular weight excluding hydrogens is 328 g/mol. The van der Waals surface area contributed by atoms with Crippen molar-refractivity contribution in [3.63, 3.8) is 0 Å². The highest BCUT2D eigenvalue weighted by atomic mass is 32.2. The van der Waals surface area contributed by atoms with Crippen LogP contribution in [0.4, 0.5) is 0 Å². The Morgan fingerprint density at radius 2 is 1.76 bits per heavy atom. The predicted octanol–water partition coefficient (Wildman–Crippen LogP) is 4.90. The third kappa shape index (κ3) is 3.42. The maximum atomic E-state index is 11.5. The molecule has 0 spiro atoms. The SMILES string of the molecule is CCc1ccc2c(c1)C(CC=O)=C(C)/C2=C/c1ccc(S(C)=O)cc1. The molecule has 3 rings (SSSR count). The molecule has 1 aliphatic carbocycles. The number of carbonyl (C=O) groups excluding carboxylic acids is 1. The number of hydrogen-bond donors (Lipinski definition) is 0. The zero-order chi connectivity index (χ0) is 18.0. The third-order valence-electron chi connectivity index (χ3n) is 4.77. The van der Waals surface area contributed by atoms with Gasteiger partial charge in [0.25, 0.3) is 0 Å². The fourth-order valence-electron chi connectivity index (χ4n) is 3.32. The normalized spacial score (nSPS) is 16.2. The number of allylic oxidation sites excluding steroid dienone is 3. The van der Waals surface area contributed by atoms with Crippen molar-refractivity contribution in [2.75, 3.05) is 6.26 Å². The molecular formula is C22H22O2S. The first-order valence-corrected chi connectivity index (χ1v) is 10.0. The minimum absolute atomic E-state index is 0.442. The molecule has 0 N–H and O–H groups in total. The second-order valence-electron chi connectivity index (χ2n) is 6.29. The van der Waals surface area contributed by atoms with Crippen molar-refractivity contribution in [1.29, 1.82) is 0 Å². The van der Waals surface area contributed by atoms with Crippen molar-refractivity contribution in [3.8, 4) is 0 Å². The Morgan fingerprint density at radius 1 is 1.04 bits per heavy atom. The summed E-state index contributed by atoms with van der Waals surface area (Å²) in [6, 6.07) is 14.3. The van der Waals surface area contributed by atoms with Gasteiger partial charge >= 0.3 is 0 Å². The molecule has 0 amide bonds. The molecule has 2 aromatic rings. The first-order valence-electron chi connectivity index (χ1n) is 8.47. The van der Waals surface area contributed by atoms with Crippen molar-refractivity contribution < 1.29 is 9.00 Å². The molecule has 25 heavy (non-hydrogen) atoms. The second-order valence-corrected chi connectivity index (χ2v) is 7.67. The van der Waals surface area contributed by atoms with Crippen LogP contribution in [-0.2, 0) is 22.0 Å². The van der Waals surface area contributed by atoms with Gasteiger partial charge in [-0.05, 0) is 70.5 Å². The van der Waals surface area contributed by atoms with Crippen LogP contribution in [0.25, 0.3) is 17.2 Å². The molecule has 1 aliphatic rings. The van der Waals surface area contributed by atoms with E-state index in [-0.39, 0.29) is 0 Å². The van der Waals surface area contributed by atoms with Crippen molar-refractivity contribution in [3.05, 3.63) is 70.3 Å². The second kappa shape index (κ2) is 7.32. The molecule has 2 nitrogen and oxygen atoms in total. The zero-order valence-electron chi connectivity index (χ0n) is 14.8. The molecule has 0 radical (unpaired) electrons. The van der Waals surface area contributed by atoms with Crippen LogP contribution in [0.2, 0.25) is 0 Å². The molecule has 0 aromatic heterocycles. The first kappa shape index (κ1) is 17.6. The lowest BCUT2D eigenvalue weighted by Gasteiger charge is -2.07. The van der Waals surface area contributed by atoms with Gasteiger partial charge in [0.2, 0.25) is 0 Å². The lowest BCUT2D eigenvalue weighted by atomic mass is 9.98. The summed E-state index contributed by atoms with van der Waals surface area (Å²) in [6.45, 7) is 4.23. The van der Waals surface area contributed by atoms with Gasteiger partial charge < -0.3 is 4.79 Å². The molecule has 1 atom stereocenters. The average Bonchev–Trinajstić information content (AvgIpc) is 2.87.